The maximum atomic E-state index is 12.5. The lowest BCUT2D eigenvalue weighted by molar-refractivity contribution is 0.0954. The normalized spacial score (nSPS) is 20.1. The fourth-order valence-corrected chi connectivity index (χ4v) is 3.27. The first-order valence-electron chi connectivity index (χ1n) is 6.73. The second kappa shape index (κ2) is 3.92. The molecule has 1 nitrogen and oxygen atoms in total. The summed E-state index contributed by atoms with van der Waals surface area (Å²) in [6.45, 7) is 0. The molecule has 0 heterocycles. The van der Waals surface area contributed by atoms with E-state index in [0.29, 0.717) is 5.78 Å². The highest BCUT2D eigenvalue weighted by molar-refractivity contribution is 6.04. The van der Waals surface area contributed by atoms with Crippen LogP contribution >= 0.6 is 0 Å². The monoisotopic (exact) mass is 246 g/mol. The quantitative estimate of drug-likeness (QED) is 0.750. The predicted octanol–water partition coefficient (Wildman–Crippen LogP) is 3.68. The molecule has 1 heteroatoms. The van der Waals surface area contributed by atoms with E-state index in [1.165, 1.54) is 22.3 Å². The number of allylic oxidation sites excluding steroid dienone is 1. The molecule has 4 rings (SSSR count). The second-order valence-electron chi connectivity index (χ2n) is 5.37. The topological polar surface area (TPSA) is 17.1 Å². The maximum absolute atomic E-state index is 12.5. The summed E-state index contributed by atoms with van der Waals surface area (Å²) in [5, 5.41) is 0. The Bertz CT molecular complexity index is 709. The fourth-order valence-electron chi connectivity index (χ4n) is 3.27. The van der Waals surface area contributed by atoms with E-state index >= 15 is 0 Å². The Morgan fingerprint density at radius 1 is 0.895 bits per heavy atom. The third-order valence-electron chi connectivity index (χ3n) is 4.26. The van der Waals surface area contributed by atoms with Crippen LogP contribution in [0.5, 0.6) is 0 Å². The molecule has 0 amide bonds. The van der Waals surface area contributed by atoms with Gasteiger partial charge in [0.15, 0.2) is 5.78 Å². The Morgan fingerprint density at radius 2 is 1.63 bits per heavy atom. The third kappa shape index (κ3) is 1.58. The zero-order chi connectivity index (χ0) is 12.8. The fraction of sp³-hybridized carbons (Fsp3) is 0.167. The van der Waals surface area contributed by atoms with Crippen molar-refractivity contribution in [3.63, 3.8) is 0 Å². The van der Waals surface area contributed by atoms with E-state index in [2.05, 4.69) is 36.4 Å². The first-order chi connectivity index (χ1) is 9.33. The first-order valence-corrected chi connectivity index (χ1v) is 6.73. The molecular formula is C18H14O. The SMILES string of the molecule is O=C1c2ccccc2CC1C1=Cc2ccccc2C1. The van der Waals surface area contributed by atoms with Gasteiger partial charge in [-0.05, 0) is 29.5 Å². The van der Waals surface area contributed by atoms with Crippen LogP contribution in [0.3, 0.4) is 0 Å². The van der Waals surface area contributed by atoms with E-state index < -0.39 is 0 Å². The Balaban J connectivity index is 1.70. The Morgan fingerprint density at radius 3 is 2.42 bits per heavy atom. The van der Waals surface area contributed by atoms with Gasteiger partial charge < -0.3 is 0 Å². The number of hydrogen-bond donors (Lipinski definition) is 0. The number of fused-ring (bicyclic) bond motifs is 2. The minimum atomic E-state index is 0.0600. The molecule has 2 aromatic carbocycles. The minimum absolute atomic E-state index is 0.0600. The zero-order valence-corrected chi connectivity index (χ0v) is 10.6. The standard InChI is InChI=1S/C18H14O/c19-18-16-8-4-3-7-14(16)11-17(18)15-9-12-5-1-2-6-13(12)10-15/h1-9,17H,10-11H2. The van der Waals surface area contributed by atoms with Crippen LogP contribution in [0.15, 0.2) is 54.1 Å². The molecule has 0 N–H and O–H groups in total. The second-order valence-corrected chi connectivity index (χ2v) is 5.37. The van der Waals surface area contributed by atoms with Gasteiger partial charge in [0.1, 0.15) is 0 Å². The van der Waals surface area contributed by atoms with Gasteiger partial charge in [0, 0.05) is 11.5 Å². The van der Waals surface area contributed by atoms with Crippen LogP contribution in [0.4, 0.5) is 0 Å². The van der Waals surface area contributed by atoms with Gasteiger partial charge in [-0.1, -0.05) is 60.2 Å². The molecule has 0 bridgehead atoms. The summed E-state index contributed by atoms with van der Waals surface area (Å²) in [6.07, 6.45) is 4.01. The highest BCUT2D eigenvalue weighted by atomic mass is 16.1. The van der Waals surface area contributed by atoms with E-state index in [4.69, 9.17) is 0 Å². The molecule has 1 unspecified atom stereocenters. The molecule has 0 radical (unpaired) electrons. The summed E-state index contributed by atoms with van der Waals surface area (Å²) >= 11 is 0. The Hall–Kier alpha value is -2.15. The minimum Gasteiger partial charge on any atom is -0.293 e. The van der Waals surface area contributed by atoms with Crippen molar-refractivity contribution in [1.29, 1.82) is 0 Å². The average Bonchev–Trinajstić information content (AvgIpc) is 3.00. The summed E-state index contributed by atoms with van der Waals surface area (Å²) in [4.78, 5) is 12.5. The van der Waals surface area contributed by atoms with Gasteiger partial charge >= 0.3 is 0 Å². The van der Waals surface area contributed by atoms with E-state index in [1.54, 1.807) is 0 Å². The molecule has 19 heavy (non-hydrogen) atoms. The molecule has 0 spiro atoms. The smallest absolute Gasteiger partial charge is 0.170 e. The summed E-state index contributed by atoms with van der Waals surface area (Å²) in [7, 11) is 0. The highest BCUT2D eigenvalue weighted by Crippen LogP contribution is 2.37. The average molecular weight is 246 g/mol. The van der Waals surface area contributed by atoms with Gasteiger partial charge in [-0.25, -0.2) is 0 Å². The van der Waals surface area contributed by atoms with Crippen LogP contribution in [0.2, 0.25) is 0 Å². The van der Waals surface area contributed by atoms with E-state index in [9.17, 15) is 4.79 Å². The molecule has 2 aromatic rings. The van der Waals surface area contributed by atoms with Crippen molar-refractivity contribution in [2.24, 2.45) is 5.92 Å². The Kier molecular flexibility index (Phi) is 2.22. The highest BCUT2D eigenvalue weighted by Gasteiger charge is 2.34. The lowest BCUT2D eigenvalue weighted by Crippen LogP contribution is -2.12. The number of carbonyl (C=O) groups is 1. The van der Waals surface area contributed by atoms with Gasteiger partial charge in [0.25, 0.3) is 0 Å². The number of rotatable bonds is 1. The molecular weight excluding hydrogens is 232 g/mol. The van der Waals surface area contributed by atoms with Gasteiger partial charge in [-0.15, -0.1) is 0 Å². The molecule has 92 valence electrons. The number of ketones is 1. The van der Waals surface area contributed by atoms with Crippen LogP contribution in [0, 0.1) is 5.92 Å². The molecule has 0 saturated carbocycles. The van der Waals surface area contributed by atoms with Crippen molar-refractivity contribution < 1.29 is 4.79 Å². The van der Waals surface area contributed by atoms with Crippen LogP contribution in [-0.2, 0) is 12.8 Å². The van der Waals surface area contributed by atoms with Crippen LogP contribution < -0.4 is 0 Å². The summed E-state index contributed by atoms with van der Waals surface area (Å²) in [5.74, 6) is 0.361. The van der Waals surface area contributed by atoms with Crippen LogP contribution in [0.25, 0.3) is 6.08 Å². The van der Waals surface area contributed by atoms with Gasteiger partial charge in [0.2, 0.25) is 0 Å². The number of carbonyl (C=O) groups excluding carboxylic acids is 1. The predicted molar refractivity (Wildman–Crippen MR) is 76.1 cm³/mol. The molecule has 2 aliphatic carbocycles. The summed E-state index contributed by atoms with van der Waals surface area (Å²) in [6, 6.07) is 16.4. The lowest BCUT2D eigenvalue weighted by Gasteiger charge is -2.08. The number of hydrogen-bond acceptors (Lipinski definition) is 1. The summed E-state index contributed by atoms with van der Waals surface area (Å²) in [5.41, 5.74) is 6.03. The van der Waals surface area contributed by atoms with Crippen molar-refractivity contribution in [3.8, 4) is 0 Å². The molecule has 2 aliphatic rings. The third-order valence-corrected chi connectivity index (χ3v) is 4.26. The van der Waals surface area contributed by atoms with Crippen LogP contribution in [0.1, 0.15) is 27.0 Å². The lowest BCUT2D eigenvalue weighted by atomic mass is 9.93. The van der Waals surface area contributed by atoms with Crippen molar-refractivity contribution in [2.45, 2.75) is 12.8 Å². The summed E-state index contributed by atoms with van der Waals surface area (Å²) < 4.78 is 0. The molecule has 0 saturated heterocycles. The van der Waals surface area contributed by atoms with Crippen molar-refractivity contribution in [1.82, 2.24) is 0 Å². The first kappa shape index (κ1) is 10.7. The number of benzene rings is 2. The van der Waals surface area contributed by atoms with E-state index in [-0.39, 0.29) is 5.92 Å². The molecule has 0 aromatic heterocycles. The van der Waals surface area contributed by atoms with E-state index in [1.807, 2.05) is 18.2 Å². The molecule has 0 fully saturated rings. The van der Waals surface area contributed by atoms with Crippen LogP contribution in [-0.4, -0.2) is 5.78 Å². The van der Waals surface area contributed by atoms with E-state index in [0.717, 1.165) is 18.4 Å². The van der Waals surface area contributed by atoms with Crippen molar-refractivity contribution in [3.05, 3.63) is 76.4 Å². The van der Waals surface area contributed by atoms with Gasteiger partial charge in [-0.3, -0.25) is 4.79 Å². The molecule has 1 atom stereocenters. The van der Waals surface area contributed by atoms with Crippen molar-refractivity contribution in [2.75, 3.05) is 0 Å². The largest absolute Gasteiger partial charge is 0.293 e. The molecule has 0 aliphatic heterocycles. The Labute approximate surface area is 112 Å². The number of Topliss-reactive ketones (excluding diaryl/α,β-unsaturated/α-hetero) is 1. The maximum Gasteiger partial charge on any atom is 0.170 e. The van der Waals surface area contributed by atoms with Gasteiger partial charge in [0.05, 0.1) is 0 Å². The zero-order valence-electron chi connectivity index (χ0n) is 10.6. The van der Waals surface area contributed by atoms with Gasteiger partial charge in [-0.2, -0.15) is 0 Å². The van der Waals surface area contributed by atoms with Crippen molar-refractivity contribution >= 4 is 11.9 Å².